The van der Waals surface area contributed by atoms with Crippen molar-refractivity contribution < 1.29 is 14.3 Å². The molecule has 8 heteroatoms. The lowest BCUT2D eigenvalue weighted by molar-refractivity contribution is -0.122. The largest absolute Gasteiger partial charge is 0.450 e. The Morgan fingerprint density at radius 1 is 1.17 bits per heavy atom. The van der Waals surface area contributed by atoms with E-state index >= 15 is 0 Å². The average molecular weight is 406 g/mol. The van der Waals surface area contributed by atoms with Gasteiger partial charge in [0.15, 0.2) is 0 Å². The van der Waals surface area contributed by atoms with Crippen LogP contribution in [0.15, 0.2) is 48.8 Å². The highest BCUT2D eigenvalue weighted by atomic mass is 32.1. The van der Waals surface area contributed by atoms with Crippen LogP contribution in [0.1, 0.15) is 41.6 Å². The van der Waals surface area contributed by atoms with Crippen LogP contribution in [0.25, 0.3) is 10.6 Å². The van der Waals surface area contributed by atoms with Crippen molar-refractivity contribution in [3.8, 4) is 10.6 Å². The highest BCUT2D eigenvalue weighted by molar-refractivity contribution is 7.09. The van der Waals surface area contributed by atoms with E-state index in [1.54, 1.807) is 18.5 Å². The molecular weight excluding hydrogens is 388 g/mol. The Bertz CT molecular complexity index is 1070. The van der Waals surface area contributed by atoms with Gasteiger partial charge in [-0.15, -0.1) is 0 Å². The Morgan fingerprint density at radius 3 is 2.76 bits per heavy atom. The molecule has 0 atom stereocenters. The first-order valence-corrected chi connectivity index (χ1v) is 10.3. The third-order valence-corrected chi connectivity index (χ3v) is 6.43. The minimum atomic E-state index is -0.642. The summed E-state index contributed by atoms with van der Waals surface area (Å²) < 4.78 is 9.98. The van der Waals surface area contributed by atoms with E-state index in [9.17, 15) is 9.59 Å². The van der Waals surface area contributed by atoms with Crippen LogP contribution < -0.4 is 5.32 Å². The molecule has 1 aromatic carbocycles. The lowest BCUT2D eigenvalue weighted by Crippen LogP contribution is -2.36. The van der Waals surface area contributed by atoms with Crippen LogP contribution in [-0.4, -0.2) is 26.2 Å². The zero-order chi connectivity index (χ0) is 19.8. The number of amides is 1. The highest BCUT2D eigenvalue weighted by Crippen LogP contribution is 2.47. The number of esters is 1. The van der Waals surface area contributed by atoms with Crippen LogP contribution in [0.5, 0.6) is 0 Å². The summed E-state index contributed by atoms with van der Waals surface area (Å²) in [5, 5.41) is 3.61. The second kappa shape index (κ2) is 7.04. The summed E-state index contributed by atoms with van der Waals surface area (Å²) in [7, 11) is 0. The number of rotatable bonds is 3. The van der Waals surface area contributed by atoms with Crippen molar-refractivity contribution in [2.45, 2.75) is 31.3 Å². The van der Waals surface area contributed by atoms with E-state index in [1.807, 2.05) is 30.3 Å². The molecule has 0 bridgehead atoms. The van der Waals surface area contributed by atoms with E-state index < -0.39 is 5.60 Å². The molecule has 0 saturated heterocycles. The molecule has 29 heavy (non-hydrogen) atoms. The van der Waals surface area contributed by atoms with Crippen molar-refractivity contribution in [3.63, 3.8) is 0 Å². The van der Waals surface area contributed by atoms with Gasteiger partial charge in [-0.05, 0) is 43.3 Å². The van der Waals surface area contributed by atoms with Gasteiger partial charge < -0.3 is 4.74 Å². The fourth-order valence-electron chi connectivity index (χ4n) is 4.13. The summed E-state index contributed by atoms with van der Waals surface area (Å²) in [6.07, 6.45) is 5.78. The van der Waals surface area contributed by atoms with Crippen molar-refractivity contribution in [1.82, 2.24) is 14.3 Å². The van der Waals surface area contributed by atoms with Gasteiger partial charge in [0.05, 0.1) is 5.56 Å². The minimum absolute atomic E-state index is 0.0898. The maximum absolute atomic E-state index is 12.7. The zero-order valence-corrected chi connectivity index (χ0v) is 16.3. The minimum Gasteiger partial charge on any atom is -0.450 e. The lowest BCUT2D eigenvalue weighted by atomic mass is 9.75. The molecule has 1 spiro atoms. The van der Waals surface area contributed by atoms with Gasteiger partial charge in [0.2, 0.25) is 11.9 Å². The first kappa shape index (κ1) is 17.9. The molecule has 1 aliphatic carbocycles. The molecule has 1 amide bonds. The first-order chi connectivity index (χ1) is 14.1. The number of fused-ring (bicyclic) bond motifs is 2. The molecule has 1 N–H and O–H groups in total. The smallest absolute Gasteiger partial charge is 0.339 e. The quantitative estimate of drug-likeness (QED) is 0.665. The van der Waals surface area contributed by atoms with E-state index in [1.165, 1.54) is 11.5 Å². The number of nitrogens with zero attached hydrogens (tertiary/aromatic N) is 3. The van der Waals surface area contributed by atoms with Gasteiger partial charge in [0.25, 0.3) is 0 Å². The Hall–Kier alpha value is -3.13. The summed E-state index contributed by atoms with van der Waals surface area (Å²) >= 11 is 1.26. The fourth-order valence-corrected chi connectivity index (χ4v) is 4.75. The van der Waals surface area contributed by atoms with E-state index in [4.69, 9.17) is 4.74 Å². The Kier molecular flexibility index (Phi) is 4.35. The Morgan fingerprint density at radius 2 is 1.97 bits per heavy atom. The van der Waals surface area contributed by atoms with Crippen LogP contribution in [0.3, 0.4) is 0 Å². The normalized spacial score (nSPS) is 22.9. The molecule has 146 valence electrons. The maximum atomic E-state index is 12.7. The van der Waals surface area contributed by atoms with Crippen LogP contribution in [-0.2, 0) is 15.1 Å². The number of pyridine rings is 1. The Balaban J connectivity index is 1.25. The second-order valence-electron chi connectivity index (χ2n) is 7.36. The van der Waals surface area contributed by atoms with E-state index in [-0.39, 0.29) is 17.8 Å². The van der Waals surface area contributed by atoms with Crippen LogP contribution >= 0.6 is 11.5 Å². The topological polar surface area (TPSA) is 94.1 Å². The number of carbonyl (C=O) groups excluding carboxylic acids is 2. The van der Waals surface area contributed by atoms with Gasteiger partial charge in [0, 0.05) is 29.4 Å². The third kappa shape index (κ3) is 3.19. The van der Waals surface area contributed by atoms with Crippen molar-refractivity contribution in [2.75, 3.05) is 5.32 Å². The number of hydrogen-bond donors (Lipinski definition) is 1. The number of nitrogens with one attached hydrogen (secondary N) is 1. The highest BCUT2D eigenvalue weighted by Gasteiger charge is 2.48. The SMILES string of the molecule is O=C1O[C@]2(CC[C@@H](C(=O)Nc3nsc(-c4ccccc4)n3)CC2)c2cnccc21. The first-order valence-electron chi connectivity index (χ1n) is 9.52. The molecule has 0 radical (unpaired) electrons. The summed E-state index contributed by atoms with van der Waals surface area (Å²) in [5.41, 5.74) is 1.76. The monoisotopic (exact) mass is 406 g/mol. The van der Waals surface area contributed by atoms with Gasteiger partial charge in [-0.2, -0.15) is 9.36 Å². The molecule has 0 unspecified atom stereocenters. The summed E-state index contributed by atoms with van der Waals surface area (Å²) in [5.74, 6) is -0.219. The zero-order valence-electron chi connectivity index (χ0n) is 15.5. The number of anilines is 1. The van der Waals surface area contributed by atoms with Crippen molar-refractivity contribution >= 4 is 29.4 Å². The summed E-state index contributed by atoms with van der Waals surface area (Å²) in [4.78, 5) is 33.5. The fraction of sp³-hybridized carbons (Fsp3) is 0.286. The number of ether oxygens (including phenoxy) is 1. The van der Waals surface area contributed by atoms with Crippen LogP contribution in [0, 0.1) is 5.92 Å². The van der Waals surface area contributed by atoms with Gasteiger partial charge >= 0.3 is 5.97 Å². The lowest BCUT2D eigenvalue weighted by Gasteiger charge is -2.35. The van der Waals surface area contributed by atoms with Crippen molar-refractivity contribution in [2.24, 2.45) is 5.92 Å². The number of aromatic nitrogens is 3. The van der Waals surface area contributed by atoms with E-state index in [0.29, 0.717) is 37.2 Å². The standard InChI is InChI=1S/C21H18N4O3S/c26-17(23-20-24-18(29-25-20)14-4-2-1-3-5-14)13-6-9-21(10-7-13)16-12-22-11-8-15(16)19(27)28-21/h1-5,8,11-13H,6-7,9-10H2,(H,23,25,26)/t13-,21+. The molecular formula is C21H18N4O3S. The van der Waals surface area contributed by atoms with Gasteiger partial charge in [-0.1, -0.05) is 30.3 Å². The van der Waals surface area contributed by atoms with Gasteiger partial charge in [0.1, 0.15) is 10.6 Å². The number of benzene rings is 1. The molecule has 3 heterocycles. The second-order valence-corrected chi connectivity index (χ2v) is 8.11. The third-order valence-electron chi connectivity index (χ3n) is 5.67. The number of carbonyl (C=O) groups is 2. The van der Waals surface area contributed by atoms with E-state index in [2.05, 4.69) is 19.7 Å². The molecule has 2 aromatic heterocycles. The van der Waals surface area contributed by atoms with Crippen LogP contribution in [0.2, 0.25) is 0 Å². The molecule has 2 aliphatic rings. The molecule has 5 rings (SSSR count). The van der Waals surface area contributed by atoms with Crippen molar-refractivity contribution in [3.05, 3.63) is 59.9 Å². The molecule has 7 nitrogen and oxygen atoms in total. The summed E-state index contributed by atoms with van der Waals surface area (Å²) in [6, 6.07) is 11.4. The predicted octanol–water partition coefficient (Wildman–Crippen LogP) is 3.79. The Labute approximate surface area is 171 Å². The van der Waals surface area contributed by atoms with Crippen molar-refractivity contribution in [1.29, 1.82) is 0 Å². The molecule has 1 fully saturated rings. The molecule has 3 aromatic rings. The van der Waals surface area contributed by atoms with E-state index in [0.717, 1.165) is 16.1 Å². The number of hydrogen-bond acceptors (Lipinski definition) is 7. The van der Waals surface area contributed by atoms with Gasteiger partial charge in [-0.3, -0.25) is 15.1 Å². The predicted molar refractivity (Wildman–Crippen MR) is 107 cm³/mol. The molecule has 1 saturated carbocycles. The summed E-state index contributed by atoms with van der Waals surface area (Å²) in [6.45, 7) is 0. The van der Waals surface area contributed by atoms with Crippen LogP contribution in [0.4, 0.5) is 5.95 Å². The van der Waals surface area contributed by atoms with Gasteiger partial charge in [-0.25, -0.2) is 4.79 Å². The average Bonchev–Trinajstić information content (AvgIpc) is 3.33. The maximum Gasteiger partial charge on any atom is 0.339 e. The molecule has 1 aliphatic heterocycles.